The van der Waals surface area contributed by atoms with Gasteiger partial charge in [-0.3, -0.25) is 9.88 Å². The number of nitrogens with zero attached hydrogens (tertiary/aromatic N) is 4. The van der Waals surface area contributed by atoms with Crippen molar-refractivity contribution in [3.05, 3.63) is 66.3 Å². The summed E-state index contributed by atoms with van der Waals surface area (Å²) in [4.78, 5) is 6.51. The fourth-order valence-corrected chi connectivity index (χ4v) is 3.67. The Hall–Kier alpha value is -2.53. The molecule has 1 aliphatic heterocycles. The highest BCUT2D eigenvalue weighted by Gasteiger charge is 2.33. The number of rotatable bonds is 4. The van der Waals surface area contributed by atoms with Crippen LogP contribution in [-0.4, -0.2) is 33.2 Å². The second-order valence-electron chi connectivity index (χ2n) is 6.98. The average molecular weight is 334 g/mol. The predicted molar refractivity (Wildman–Crippen MR) is 95.8 cm³/mol. The molecule has 5 heteroatoms. The van der Waals surface area contributed by atoms with E-state index in [0.29, 0.717) is 18.3 Å². The Bertz CT molecular complexity index is 818. The van der Waals surface area contributed by atoms with Crippen LogP contribution in [0.4, 0.5) is 0 Å². The standard InChI is InChI=1S/C20H22N4O/c1-20(17-8-3-2-4-9-17)10-6-12-24(15-20)14-18-22-23-19(25-18)16-7-5-11-21-13-16/h2-5,7-9,11,13H,6,10,12,14-15H2,1H3/t20-/m1/s1. The van der Waals surface area contributed by atoms with Gasteiger partial charge in [0, 0.05) is 24.4 Å². The molecule has 0 aliphatic carbocycles. The number of piperidine rings is 1. The first-order chi connectivity index (χ1) is 12.2. The van der Waals surface area contributed by atoms with Gasteiger partial charge in [-0.1, -0.05) is 37.3 Å². The Morgan fingerprint density at radius 2 is 2.00 bits per heavy atom. The molecule has 0 saturated carbocycles. The molecule has 0 amide bonds. The third-order valence-electron chi connectivity index (χ3n) is 4.98. The van der Waals surface area contributed by atoms with Gasteiger partial charge in [-0.2, -0.15) is 0 Å². The summed E-state index contributed by atoms with van der Waals surface area (Å²) in [5.41, 5.74) is 2.43. The van der Waals surface area contributed by atoms with Crippen molar-refractivity contribution >= 4 is 0 Å². The smallest absolute Gasteiger partial charge is 0.249 e. The molecule has 2 aromatic heterocycles. The molecule has 25 heavy (non-hydrogen) atoms. The van der Waals surface area contributed by atoms with Gasteiger partial charge in [0.1, 0.15) is 0 Å². The number of hydrogen-bond donors (Lipinski definition) is 0. The zero-order valence-corrected chi connectivity index (χ0v) is 14.4. The van der Waals surface area contributed by atoms with E-state index in [4.69, 9.17) is 4.42 Å². The summed E-state index contributed by atoms with van der Waals surface area (Å²) < 4.78 is 5.84. The van der Waals surface area contributed by atoms with Crippen LogP contribution in [-0.2, 0) is 12.0 Å². The third-order valence-corrected chi connectivity index (χ3v) is 4.98. The molecule has 0 unspecified atom stereocenters. The van der Waals surface area contributed by atoms with Gasteiger partial charge in [-0.25, -0.2) is 0 Å². The first-order valence-corrected chi connectivity index (χ1v) is 8.74. The topological polar surface area (TPSA) is 55.1 Å². The van der Waals surface area contributed by atoms with Gasteiger partial charge in [0.2, 0.25) is 11.8 Å². The van der Waals surface area contributed by atoms with Crippen molar-refractivity contribution in [2.24, 2.45) is 0 Å². The molecule has 5 nitrogen and oxygen atoms in total. The molecule has 0 radical (unpaired) electrons. The van der Waals surface area contributed by atoms with Gasteiger partial charge in [0.05, 0.1) is 12.1 Å². The van der Waals surface area contributed by atoms with E-state index < -0.39 is 0 Å². The maximum Gasteiger partial charge on any atom is 0.249 e. The number of hydrogen-bond acceptors (Lipinski definition) is 5. The number of likely N-dealkylation sites (tertiary alicyclic amines) is 1. The predicted octanol–water partition coefficient (Wildman–Crippen LogP) is 3.69. The molecule has 0 spiro atoms. The van der Waals surface area contributed by atoms with Crippen molar-refractivity contribution in [1.82, 2.24) is 20.1 Å². The minimum Gasteiger partial charge on any atom is -0.419 e. The highest BCUT2D eigenvalue weighted by atomic mass is 16.4. The molecule has 1 aliphatic rings. The van der Waals surface area contributed by atoms with E-state index in [1.165, 1.54) is 18.4 Å². The molecule has 3 aromatic rings. The molecule has 1 aromatic carbocycles. The maximum absolute atomic E-state index is 5.84. The van der Waals surface area contributed by atoms with Gasteiger partial charge in [-0.15, -0.1) is 10.2 Å². The van der Waals surface area contributed by atoms with E-state index >= 15 is 0 Å². The van der Waals surface area contributed by atoms with Crippen molar-refractivity contribution in [1.29, 1.82) is 0 Å². The maximum atomic E-state index is 5.84. The lowest BCUT2D eigenvalue weighted by atomic mass is 9.76. The van der Waals surface area contributed by atoms with Gasteiger partial charge in [0.25, 0.3) is 0 Å². The van der Waals surface area contributed by atoms with Crippen molar-refractivity contribution < 1.29 is 4.42 Å². The van der Waals surface area contributed by atoms with Gasteiger partial charge in [0.15, 0.2) is 0 Å². The van der Waals surface area contributed by atoms with Gasteiger partial charge in [-0.05, 0) is 37.1 Å². The molecule has 1 atom stereocenters. The minimum absolute atomic E-state index is 0.172. The van der Waals surface area contributed by atoms with Crippen molar-refractivity contribution in [3.63, 3.8) is 0 Å². The Kier molecular flexibility index (Phi) is 4.32. The molecular formula is C20H22N4O. The lowest BCUT2D eigenvalue weighted by Gasteiger charge is -2.40. The summed E-state index contributed by atoms with van der Waals surface area (Å²) in [5, 5.41) is 8.38. The van der Waals surface area contributed by atoms with Crippen LogP contribution in [0.25, 0.3) is 11.5 Å². The zero-order chi connectivity index (χ0) is 17.1. The molecule has 1 fully saturated rings. The quantitative estimate of drug-likeness (QED) is 0.728. The van der Waals surface area contributed by atoms with E-state index in [1.807, 2.05) is 12.1 Å². The number of aromatic nitrogens is 3. The van der Waals surface area contributed by atoms with E-state index in [-0.39, 0.29) is 5.41 Å². The first-order valence-electron chi connectivity index (χ1n) is 8.74. The van der Waals surface area contributed by atoms with E-state index in [1.54, 1.807) is 12.4 Å². The summed E-state index contributed by atoms with van der Waals surface area (Å²) in [6.45, 7) is 5.10. The summed E-state index contributed by atoms with van der Waals surface area (Å²) >= 11 is 0. The van der Waals surface area contributed by atoms with Crippen LogP contribution in [0.2, 0.25) is 0 Å². The van der Waals surface area contributed by atoms with Crippen LogP contribution >= 0.6 is 0 Å². The average Bonchev–Trinajstić information content (AvgIpc) is 3.12. The van der Waals surface area contributed by atoms with Crippen LogP contribution < -0.4 is 0 Å². The van der Waals surface area contributed by atoms with Crippen molar-refractivity contribution in [2.75, 3.05) is 13.1 Å². The Morgan fingerprint density at radius 3 is 2.80 bits per heavy atom. The van der Waals surface area contributed by atoms with Gasteiger partial charge >= 0.3 is 0 Å². The number of pyridine rings is 1. The Morgan fingerprint density at radius 1 is 1.12 bits per heavy atom. The largest absolute Gasteiger partial charge is 0.419 e. The van der Waals surface area contributed by atoms with Crippen LogP contribution in [0.1, 0.15) is 31.2 Å². The van der Waals surface area contributed by atoms with E-state index in [0.717, 1.165) is 18.7 Å². The van der Waals surface area contributed by atoms with Crippen molar-refractivity contribution in [3.8, 4) is 11.5 Å². The summed E-state index contributed by atoms with van der Waals surface area (Å²) in [7, 11) is 0. The Balaban J connectivity index is 1.47. The fourth-order valence-electron chi connectivity index (χ4n) is 3.67. The third kappa shape index (κ3) is 3.46. The van der Waals surface area contributed by atoms with Crippen LogP contribution in [0.15, 0.2) is 59.3 Å². The monoisotopic (exact) mass is 334 g/mol. The molecule has 4 rings (SSSR count). The lowest BCUT2D eigenvalue weighted by Crippen LogP contribution is -2.43. The summed E-state index contributed by atoms with van der Waals surface area (Å²) in [5.74, 6) is 1.20. The fraction of sp³-hybridized carbons (Fsp3) is 0.350. The lowest BCUT2D eigenvalue weighted by molar-refractivity contribution is 0.139. The highest BCUT2D eigenvalue weighted by Crippen LogP contribution is 2.34. The van der Waals surface area contributed by atoms with E-state index in [2.05, 4.69) is 57.3 Å². The van der Waals surface area contributed by atoms with Crippen molar-refractivity contribution in [2.45, 2.75) is 31.7 Å². The molecule has 128 valence electrons. The van der Waals surface area contributed by atoms with E-state index in [9.17, 15) is 0 Å². The molecule has 1 saturated heterocycles. The molecule has 3 heterocycles. The second kappa shape index (κ2) is 6.76. The molecular weight excluding hydrogens is 312 g/mol. The highest BCUT2D eigenvalue weighted by molar-refractivity contribution is 5.49. The first kappa shape index (κ1) is 16.0. The second-order valence-corrected chi connectivity index (χ2v) is 6.98. The normalized spacial score (nSPS) is 21.3. The molecule has 0 bridgehead atoms. The van der Waals surface area contributed by atoms with Crippen LogP contribution in [0.5, 0.6) is 0 Å². The minimum atomic E-state index is 0.172. The SMILES string of the molecule is C[C@@]1(c2ccccc2)CCCN(Cc2nnc(-c3cccnc3)o2)C1. The van der Waals surface area contributed by atoms with Gasteiger partial charge < -0.3 is 4.42 Å². The summed E-state index contributed by atoms with van der Waals surface area (Å²) in [6.07, 6.45) is 5.86. The molecule has 0 N–H and O–H groups in total. The Labute approximate surface area is 147 Å². The number of benzene rings is 1. The zero-order valence-electron chi connectivity index (χ0n) is 14.4. The summed E-state index contributed by atoms with van der Waals surface area (Å²) in [6, 6.07) is 14.6. The van der Waals surface area contributed by atoms with Crippen LogP contribution in [0.3, 0.4) is 0 Å². The van der Waals surface area contributed by atoms with Crippen LogP contribution in [0, 0.1) is 0 Å².